The normalized spacial score (nSPS) is 11.5. The summed E-state index contributed by atoms with van der Waals surface area (Å²) in [5, 5.41) is 12.4. The number of hydrogen-bond donors (Lipinski definition) is 1. The van der Waals surface area contributed by atoms with Crippen LogP contribution in [0.2, 0.25) is 0 Å². The molecule has 0 unspecified atom stereocenters. The van der Waals surface area contributed by atoms with Crippen LogP contribution in [0.25, 0.3) is 11.3 Å². The molecule has 0 amide bonds. The van der Waals surface area contributed by atoms with Gasteiger partial charge in [0.2, 0.25) is 0 Å². The molecule has 0 fully saturated rings. The molecule has 1 N–H and O–H groups in total. The van der Waals surface area contributed by atoms with Gasteiger partial charge in [0.15, 0.2) is 11.6 Å². The van der Waals surface area contributed by atoms with E-state index in [-0.39, 0.29) is 11.2 Å². The Bertz CT molecular complexity index is 1290. The molecule has 0 saturated carbocycles. The van der Waals surface area contributed by atoms with Gasteiger partial charge >= 0.3 is 0 Å². The number of Topliss-reactive ketones (excluding diaryl/α,β-unsaturated/α-hetero) is 1. The predicted molar refractivity (Wildman–Crippen MR) is 130 cm³/mol. The second kappa shape index (κ2) is 9.19. The van der Waals surface area contributed by atoms with Crippen LogP contribution in [0, 0.1) is 6.92 Å². The van der Waals surface area contributed by atoms with E-state index < -0.39 is 0 Å². The summed E-state index contributed by atoms with van der Waals surface area (Å²) in [7, 11) is 1.76. The minimum atomic E-state index is -0.0412. The van der Waals surface area contributed by atoms with Gasteiger partial charge in [-0.2, -0.15) is 9.90 Å². The fraction of sp³-hybridized carbons (Fsp3) is 0.333. The molecular formula is C24H27N7OS. The van der Waals surface area contributed by atoms with Gasteiger partial charge in [0.05, 0.1) is 21.8 Å². The average Bonchev–Trinajstić information content (AvgIpc) is 3.42. The van der Waals surface area contributed by atoms with Crippen LogP contribution >= 0.6 is 11.3 Å². The number of thiazole rings is 1. The van der Waals surface area contributed by atoms with E-state index in [0.717, 1.165) is 32.3 Å². The summed E-state index contributed by atoms with van der Waals surface area (Å²) in [5.41, 5.74) is 4.04. The number of nitrogens with one attached hydrogen (secondary N) is 1. The van der Waals surface area contributed by atoms with Gasteiger partial charge in [-0.1, -0.05) is 32.9 Å². The summed E-state index contributed by atoms with van der Waals surface area (Å²) >= 11 is 1.50. The van der Waals surface area contributed by atoms with Gasteiger partial charge in [-0.3, -0.25) is 4.79 Å². The van der Waals surface area contributed by atoms with Crippen molar-refractivity contribution in [3.8, 4) is 11.3 Å². The standard InChI is InChI=1S/C24H27N7OS/c1-15-10-17(18-11-21(27-14-26-18)29-22-13-28-31(5)30-22)7-6-16(15)8-9-19(32)20-12-25-23(33-20)24(2,3)4/h6-7,10-14H,8-9H2,1-5H3,(H,26,27,29,30). The minimum absolute atomic E-state index is 0.0412. The number of carbonyl (C=O) groups is 1. The first kappa shape index (κ1) is 22.7. The van der Waals surface area contributed by atoms with E-state index in [2.05, 4.69) is 70.3 Å². The highest BCUT2D eigenvalue weighted by molar-refractivity contribution is 7.13. The third-order valence-corrected chi connectivity index (χ3v) is 6.67. The van der Waals surface area contributed by atoms with E-state index in [1.54, 1.807) is 19.4 Å². The van der Waals surface area contributed by atoms with E-state index in [4.69, 9.17) is 0 Å². The maximum atomic E-state index is 12.7. The molecular weight excluding hydrogens is 434 g/mol. The molecule has 4 aromatic rings. The number of hydrogen-bond acceptors (Lipinski definition) is 8. The Morgan fingerprint density at radius 2 is 1.91 bits per heavy atom. The van der Waals surface area contributed by atoms with Crippen LogP contribution in [0.15, 0.2) is 43.0 Å². The Morgan fingerprint density at radius 1 is 1.09 bits per heavy atom. The lowest BCUT2D eigenvalue weighted by atomic mass is 9.98. The molecule has 1 aromatic carbocycles. The molecule has 0 aliphatic rings. The van der Waals surface area contributed by atoms with Crippen LogP contribution in [-0.2, 0) is 18.9 Å². The third kappa shape index (κ3) is 5.48. The molecule has 8 nitrogen and oxygen atoms in total. The molecule has 4 rings (SSSR count). The molecule has 0 radical (unpaired) electrons. The Labute approximate surface area is 197 Å². The number of anilines is 2. The van der Waals surface area contributed by atoms with Gasteiger partial charge in [-0.05, 0) is 30.5 Å². The first-order valence-corrected chi connectivity index (χ1v) is 11.6. The number of aromatic nitrogens is 6. The summed E-state index contributed by atoms with van der Waals surface area (Å²) in [6, 6.07) is 8.08. The molecule has 33 heavy (non-hydrogen) atoms. The molecule has 170 valence electrons. The SMILES string of the molecule is Cc1cc(-c2cc(Nc3cnn(C)n3)ncn2)ccc1CCC(=O)c1cnc(C(C)(C)C)s1. The van der Waals surface area contributed by atoms with E-state index in [9.17, 15) is 4.79 Å². The number of ketones is 1. The lowest BCUT2D eigenvalue weighted by Gasteiger charge is -2.13. The van der Waals surface area contributed by atoms with Gasteiger partial charge < -0.3 is 5.32 Å². The monoisotopic (exact) mass is 461 g/mol. The minimum Gasteiger partial charge on any atom is -0.322 e. The molecule has 3 aromatic heterocycles. The highest BCUT2D eigenvalue weighted by atomic mass is 32.1. The molecule has 3 heterocycles. The largest absolute Gasteiger partial charge is 0.322 e. The Kier molecular flexibility index (Phi) is 6.33. The van der Waals surface area contributed by atoms with Crippen LogP contribution in [0.5, 0.6) is 0 Å². The zero-order valence-corrected chi connectivity index (χ0v) is 20.3. The lowest BCUT2D eigenvalue weighted by Crippen LogP contribution is -2.09. The maximum Gasteiger partial charge on any atom is 0.174 e. The van der Waals surface area contributed by atoms with Gasteiger partial charge in [-0.25, -0.2) is 15.0 Å². The second-order valence-electron chi connectivity index (χ2n) is 8.98. The highest BCUT2D eigenvalue weighted by Crippen LogP contribution is 2.28. The van der Waals surface area contributed by atoms with E-state index in [0.29, 0.717) is 24.5 Å². The van der Waals surface area contributed by atoms with Crippen LogP contribution in [-0.4, -0.2) is 35.7 Å². The number of rotatable bonds is 7. The van der Waals surface area contributed by atoms with Crippen molar-refractivity contribution in [1.29, 1.82) is 0 Å². The molecule has 0 atom stereocenters. The van der Waals surface area contributed by atoms with Crippen LogP contribution < -0.4 is 5.32 Å². The first-order valence-electron chi connectivity index (χ1n) is 10.7. The molecule has 0 saturated heterocycles. The number of nitrogens with zero attached hydrogens (tertiary/aromatic N) is 6. The summed E-state index contributed by atoms with van der Waals surface area (Å²) in [6.07, 6.45) is 6.03. The van der Waals surface area contributed by atoms with Crippen molar-refractivity contribution in [2.75, 3.05) is 5.32 Å². The molecule has 0 bridgehead atoms. The van der Waals surface area contributed by atoms with Crippen molar-refractivity contribution < 1.29 is 4.79 Å². The van der Waals surface area contributed by atoms with Crippen molar-refractivity contribution in [2.45, 2.75) is 46.0 Å². The smallest absolute Gasteiger partial charge is 0.174 e. The van der Waals surface area contributed by atoms with Crippen molar-refractivity contribution in [3.05, 3.63) is 64.0 Å². The fourth-order valence-corrected chi connectivity index (χ4v) is 4.32. The Balaban J connectivity index is 1.43. The molecule has 0 aliphatic heterocycles. The van der Waals surface area contributed by atoms with E-state index in [1.165, 1.54) is 22.5 Å². The van der Waals surface area contributed by atoms with Crippen LogP contribution in [0.3, 0.4) is 0 Å². The first-order chi connectivity index (χ1) is 15.7. The van der Waals surface area contributed by atoms with Crippen molar-refractivity contribution >= 4 is 28.8 Å². The summed E-state index contributed by atoms with van der Waals surface area (Å²) in [4.78, 5) is 28.0. The number of benzene rings is 1. The predicted octanol–water partition coefficient (Wildman–Crippen LogP) is 4.89. The summed E-state index contributed by atoms with van der Waals surface area (Å²) in [6.45, 7) is 8.39. The molecule has 0 aliphatic carbocycles. The summed E-state index contributed by atoms with van der Waals surface area (Å²) < 4.78 is 0. The Morgan fingerprint density at radius 3 is 2.58 bits per heavy atom. The van der Waals surface area contributed by atoms with Crippen molar-refractivity contribution in [2.24, 2.45) is 7.05 Å². The van der Waals surface area contributed by atoms with Gasteiger partial charge in [0, 0.05) is 36.7 Å². The summed E-state index contributed by atoms with van der Waals surface area (Å²) in [5.74, 6) is 1.41. The maximum absolute atomic E-state index is 12.7. The fourth-order valence-electron chi connectivity index (χ4n) is 3.37. The zero-order valence-electron chi connectivity index (χ0n) is 19.5. The number of aryl methyl sites for hydroxylation is 3. The average molecular weight is 462 g/mol. The van der Waals surface area contributed by atoms with Crippen LogP contribution in [0.4, 0.5) is 11.6 Å². The lowest BCUT2D eigenvalue weighted by molar-refractivity contribution is 0.0986. The van der Waals surface area contributed by atoms with Gasteiger partial charge in [0.1, 0.15) is 12.1 Å². The Hall–Kier alpha value is -3.46. The zero-order chi connectivity index (χ0) is 23.6. The third-order valence-electron chi connectivity index (χ3n) is 5.20. The molecule has 0 spiro atoms. The van der Waals surface area contributed by atoms with E-state index in [1.807, 2.05) is 12.1 Å². The van der Waals surface area contributed by atoms with Crippen molar-refractivity contribution in [3.63, 3.8) is 0 Å². The highest BCUT2D eigenvalue weighted by Gasteiger charge is 2.20. The second-order valence-corrected chi connectivity index (χ2v) is 10.0. The van der Waals surface area contributed by atoms with Crippen LogP contribution in [0.1, 0.15) is 53.0 Å². The topological polar surface area (TPSA) is 98.5 Å². The van der Waals surface area contributed by atoms with Gasteiger partial charge in [0.25, 0.3) is 0 Å². The number of carbonyl (C=O) groups excluding carboxylic acids is 1. The van der Waals surface area contributed by atoms with Crippen molar-refractivity contribution in [1.82, 2.24) is 29.9 Å². The van der Waals surface area contributed by atoms with Gasteiger partial charge in [-0.15, -0.1) is 16.4 Å². The molecule has 9 heteroatoms. The van der Waals surface area contributed by atoms with E-state index >= 15 is 0 Å². The quantitative estimate of drug-likeness (QED) is 0.391.